The molecule has 3 atom stereocenters. The Balaban J connectivity index is 1.55. The van der Waals surface area contributed by atoms with Crippen molar-refractivity contribution in [3.63, 3.8) is 0 Å². The van der Waals surface area contributed by atoms with E-state index in [-0.39, 0.29) is 17.9 Å². The fourth-order valence-corrected chi connectivity index (χ4v) is 5.42. The summed E-state index contributed by atoms with van der Waals surface area (Å²) in [4.78, 5) is 19.0. The molecule has 0 N–H and O–H groups in total. The van der Waals surface area contributed by atoms with Gasteiger partial charge < -0.3 is 14.7 Å². The number of carbonyl (C=O) groups excluding carboxylic acids is 1. The van der Waals surface area contributed by atoms with E-state index >= 15 is 0 Å². The zero-order valence-electron chi connectivity index (χ0n) is 15.9. The number of urea groups is 1. The predicted molar refractivity (Wildman–Crippen MR) is 100 cm³/mol. The summed E-state index contributed by atoms with van der Waals surface area (Å²) in [5.74, 6) is 1.53. The summed E-state index contributed by atoms with van der Waals surface area (Å²) in [7, 11) is 3.59. The van der Waals surface area contributed by atoms with Crippen LogP contribution in [-0.4, -0.2) is 61.0 Å². The first-order valence-corrected chi connectivity index (χ1v) is 9.98. The SMILES string of the molecule is CN(C)C(=O)N1C[C@H]2CN(CC3CCCC3)C[C@H]2[C@@H]1c1cccc(F)c1. The number of hydrogen-bond donors (Lipinski definition) is 0. The molecule has 2 saturated heterocycles. The Morgan fingerprint density at radius 3 is 2.65 bits per heavy atom. The van der Waals surface area contributed by atoms with Crippen LogP contribution in [0.25, 0.3) is 0 Å². The molecule has 0 unspecified atom stereocenters. The van der Waals surface area contributed by atoms with Gasteiger partial charge in [0.05, 0.1) is 6.04 Å². The number of benzene rings is 1. The summed E-state index contributed by atoms with van der Waals surface area (Å²) in [5, 5.41) is 0. The van der Waals surface area contributed by atoms with Crippen molar-refractivity contribution in [2.45, 2.75) is 31.7 Å². The number of hydrogen-bond acceptors (Lipinski definition) is 2. The second-order valence-electron chi connectivity index (χ2n) is 8.62. The maximum absolute atomic E-state index is 13.9. The molecule has 3 fully saturated rings. The monoisotopic (exact) mass is 359 g/mol. The third-order valence-electron chi connectivity index (χ3n) is 6.55. The minimum atomic E-state index is -0.219. The minimum absolute atomic E-state index is 0.0146. The first kappa shape index (κ1) is 17.8. The van der Waals surface area contributed by atoms with Crippen molar-refractivity contribution in [2.24, 2.45) is 17.8 Å². The molecular formula is C21H30FN3O. The maximum atomic E-state index is 13.9. The lowest BCUT2D eigenvalue weighted by atomic mass is 9.89. The van der Waals surface area contributed by atoms with E-state index in [1.54, 1.807) is 31.1 Å². The van der Waals surface area contributed by atoms with Crippen molar-refractivity contribution in [2.75, 3.05) is 40.3 Å². The smallest absolute Gasteiger partial charge is 0.320 e. The van der Waals surface area contributed by atoms with Gasteiger partial charge in [-0.15, -0.1) is 0 Å². The first-order valence-electron chi connectivity index (χ1n) is 9.98. The summed E-state index contributed by atoms with van der Waals surface area (Å²) in [6.07, 6.45) is 5.49. The van der Waals surface area contributed by atoms with Gasteiger partial charge in [-0.1, -0.05) is 25.0 Å². The van der Waals surface area contributed by atoms with Crippen molar-refractivity contribution in [1.82, 2.24) is 14.7 Å². The zero-order valence-corrected chi connectivity index (χ0v) is 15.9. The Morgan fingerprint density at radius 2 is 1.96 bits per heavy atom. The molecule has 0 bridgehead atoms. The molecule has 5 heteroatoms. The third-order valence-corrected chi connectivity index (χ3v) is 6.55. The molecule has 2 aliphatic heterocycles. The highest BCUT2D eigenvalue weighted by atomic mass is 19.1. The largest absolute Gasteiger partial charge is 0.331 e. The molecule has 1 aromatic carbocycles. The number of fused-ring (bicyclic) bond motifs is 1. The Bertz CT molecular complexity index is 658. The van der Waals surface area contributed by atoms with Gasteiger partial charge in [-0.25, -0.2) is 9.18 Å². The van der Waals surface area contributed by atoms with Crippen LogP contribution in [0.3, 0.4) is 0 Å². The topological polar surface area (TPSA) is 26.8 Å². The molecule has 1 aromatic rings. The second kappa shape index (κ2) is 7.18. The van der Waals surface area contributed by atoms with Crippen molar-refractivity contribution in [3.05, 3.63) is 35.6 Å². The number of nitrogens with zero attached hydrogens (tertiary/aromatic N) is 3. The van der Waals surface area contributed by atoms with E-state index in [1.807, 2.05) is 11.0 Å². The Morgan fingerprint density at radius 1 is 1.19 bits per heavy atom. The molecule has 4 nitrogen and oxygen atoms in total. The van der Waals surface area contributed by atoms with Gasteiger partial charge in [0.1, 0.15) is 5.82 Å². The van der Waals surface area contributed by atoms with Gasteiger partial charge in [0, 0.05) is 46.2 Å². The van der Waals surface area contributed by atoms with Gasteiger partial charge in [-0.3, -0.25) is 0 Å². The van der Waals surface area contributed by atoms with Crippen molar-refractivity contribution < 1.29 is 9.18 Å². The zero-order chi connectivity index (χ0) is 18.3. The number of likely N-dealkylation sites (tertiary alicyclic amines) is 2. The summed E-state index contributed by atoms with van der Waals surface area (Å²) in [5.41, 5.74) is 0.940. The second-order valence-corrected chi connectivity index (χ2v) is 8.62. The van der Waals surface area contributed by atoms with Crippen LogP contribution in [0.1, 0.15) is 37.3 Å². The molecule has 3 aliphatic rings. The maximum Gasteiger partial charge on any atom is 0.320 e. The lowest BCUT2D eigenvalue weighted by Gasteiger charge is -2.32. The van der Waals surface area contributed by atoms with Crippen LogP contribution >= 0.6 is 0 Å². The normalized spacial score (nSPS) is 29.3. The van der Waals surface area contributed by atoms with E-state index in [1.165, 1.54) is 38.3 Å². The number of carbonyl (C=O) groups is 1. The van der Waals surface area contributed by atoms with Gasteiger partial charge in [0.2, 0.25) is 0 Å². The number of rotatable bonds is 3. The highest BCUT2D eigenvalue weighted by Crippen LogP contribution is 2.45. The van der Waals surface area contributed by atoms with Gasteiger partial charge in [-0.2, -0.15) is 0 Å². The Labute approximate surface area is 155 Å². The van der Waals surface area contributed by atoms with E-state index in [0.29, 0.717) is 11.8 Å². The molecule has 0 radical (unpaired) electrons. The predicted octanol–water partition coefficient (Wildman–Crippen LogP) is 3.60. The first-order chi connectivity index (χ1) is 12.5. The molecular weight excluding hydrogens is 329 g/mol. The molecule has 2 heterocycles. The molecule has 0 aromatic heterocycles. The summed E-state index contributed by atoms with van der Waals surface area (Å²) >= 11 is 0. The lowest BCUT2D eigenvalue weighted by molar-refractivity contribution is 0.150. The van der Waals surface area contributed by atoms with E-state index in [9.17, 15) is 9.18 Å². The van der Waals surface area contributed by atoms with E-state index in [2.05, 4.69) is 4.90 Å². The van der Waals surface area contributed by atoms with Crippen LogP contribution in [0.15, 0.2) is 24.3 Å². The van der Waals surface area contributed by atoms with Crippen LogP contribution in [0.4, 0.5) is 9.18 Å². The van der Waals surface area contributed by atoms with Crippen molar-refractivity contribution >= 4 is 6.03 Å². The summed E-state index contributed by atoms with van der Waals surface area (Å²) in [6.45, 7) is 4.08. The Hall–Kier alpha value is -1.62. The quantitative estimate of drug-likeness (QED) is 0.824. The van der Waals surface area contributed by atoms with Gasteiger partial charge in [0.15, 0.2) is 0 Å². The molecule has 26 heavy (non-hydrogen) atoms. The van der Waals surface area contributed by atoms with E-state index in [0.717, 1.165) is 31.1 Å². The highest BCUT2D eigenvalue weighted by molar-refractivity contribution is 5.75. The van der Waals surface area contributed by atoms with Gasteiger partial charge in [0.25, 0.3) is 0 Å². The highest BCUT2D eigenvalue weighted by Gasteiger charge is 2.49. The van der Waals surface area contributed by atoms with Crippen LogP contribution in [0.2, 0.25) is 0 Å². The van der Waals surface area contributed by atoms with Gasteiger partial charge >= 0.3 is 6.03 Å². The summed E-state index contributed by atoms with van der Waals surface area (Å²) in [6, 6.07) is 6.86. The molecule has 142 valence electrons. The van der Waals surface area contributed by atoms with Crippen molar-refractivity contribution in [3.8, 4) is 0 Å². The van der Waals surface area contributed by atoms with Gasteiger partial charge in [-0.05, 0) is 42.4 Å². The van der Waals surface area contributed by atoms with E-state index in [4.69, 9.17) is 0 Å². The fraction of sp³-hybridized carbons (Fsp3) is 0.667. The molecule has 4 rings (SSSR count). The lowest BCUT2D eigenvalue weighted by Crippen LogP contribution is -2.41. The molecule has 2 amide bonds. The standard InChI is InChI=1S/C21H30FN3O/c1-23(2)21(26)25-13-17-12-24(11-15-6-3-4-7-15)14-19(17)20(25)16-8-5-9-18(22)10-16/h5,8-10,15,17,19-20H,3-4,6-7,11-14H2,1-2H3/t17-,19-,20+/m1/s1. The van der Waals surface area contributed by atoms with Crippen LogP contribution in [-0.2, 0) is 0 Å². The molecule has 0 spiro atoms. The molecule has 1 saturated carbocycles. The minimum Gasteiger partial charge on any atom is -0.331 e. The van der Waals surface area contributed by atoms with Crippen molar-refractivity contribution in [1.29, 1.82) is 0 Å². The van der Waals surface area contributed by atoms with Crippen LogP contribution < -0.4 is 0 Å². The average Bonchev–Trinajstić information content (AvgIpc) is 3.30. The number of amides is 2. The Kier molecular flexibility index (Phi) is 4.91. The summed E-state index contributed by atoms with van der Waals surface area (Å²) < 4.78 is 13.9. The average molecular weight is 359 g/mol. The van der Waals surface area contributed by atoms with Crippen LogP contribution in [0.5, 0.6) is 0 Å². The number of halogens is 1. The fourth-order valence-electron chi connectivity index (χ4n) is 5.42. The third kappa shape index (κ3) is 3.34. The van der Waals surface area contributed by atoms with Crippen LogP contribution in [0, 0.1) is 23.6 Å². The van der Waals surface area contributed by atoms with E-state index < -0.39 is 0 Å². The molecule has 1 aliphatic carbocycles.